The molecule has 2 heterocycles. The van der Waals surface area contributed by atoms with Gasteiger partial charge in [-0.15, -0.1) is 0 Å². The van der Waals surface area contributed by atoms with Crippen LogP contribution in [-0.2, 0) is 0 Å². The molecule has 2 rings (SSSR count). The van der Waals surface area contributed by atoms with Gasteiger partial charge >= 0.3 is 0 Å². The van der Waals surface area contributed by atoms with Gasteiger partial charge in [0.15, 0.2) is 0 Å². The Balaban J connectivity index is 0.000000140. The number of hydrogen-bond donors (Lipinski definition) is 0. The number of aromatic nitrogens is 1. The van der Waals surface area contributed by atoms with Crippen molar-refractivity contribution in [3.8, 4) is 0 Å². The Kier molecular flexibility index (Phi) is 5.23. The minimum absolute atomic E-state index is 1.21. The van der Waals surface area contributed by atoms with Gasteiger partial charge in [-0.1, -0.05) is 12.5 Å². The zero-order chi connectivity index (χ0) is 10.2. The molecule has 0 saturated carbocycles. The first kappa shape index (κ1) is 11.2. The van der Waals surface area contributed by atoms with E-state index in [4.69, 9.17) is 0 Å². The lowest BCUT2D eigenvalue weighted by atomic mass is 10.1. The van der Waals surface area contributed by atoms with Gasteiger partial charge in [-0.3, -0.25) is 4.98 Å². The molecule has 0 amide bonds. The summed E-state index contributed by atoms with van der Waals surface area (Å²) in [6, 6.07) is 3.95. The van der Waals surface area contributed by atoms with E-state index in [1.165, 1.54) is 37.9 Å². The molecule has 0 unspecified atom stereocenters. The maximum absolute atomic E-state index is 3.88. The Morgan fingerprint density at radius 1 is 1.21 bits per heavy atom. The van der Waals surface area contributed by atoms with Crippen LogP contribution in [0.25, 0.3) is 0 Å². The van der Waals surface area contributed by atoms with Gasteiger partial charge in [0.2, 0.25) is 0 Å². The van der Waals surface area contributed by atoms with Crippen molar-refractivity contribution in [3.05, 3.63) is 30.1 Å². The summed E-state index contributed by atoms with van der Waals surface area (Å²) in [7, 11) is 2.19. The van der Waals surface area contributed by atoms with E-state index in [0.29, 0.717) is 0 Å². The first-order valence-electron chi connectivity index (χ1n) is 5.34. The molecular weight excluding hydrogens is 172 g/mol. The van der Waals surface area contributed by atoms with E-state index in [0.717, 1.165) is 0 Å². The highest BCUT2D eigenvalue weighted by molar-refractivity contribution is 5.04. The molecule has 0 spiro atoms. The molecule has 0 aliphatic carbocycles. The van der Waals surface area contributed by atoms with Crippen molar-refractivity contribution in [2.75, 3.05) is 20.1 Å². The van der Waals surface area contributed by atoms with Crippen LogP contribution in [0, 0.1) is 6.92 Å². The smallest absolute Gasteiger partial charge is 0.0297 e. The lowest BCUT2D eigenvalue weighted by molar-refractivity contribution is 0.277. The number of hydrogen-bond acceptors (Lipinski definition) is 2. The van der Waals surface area contributed by atoms with Crippen molar-refractivity contribution in [2.45, 2.75) is 26.2 Å². The zero-order valence-corrected chi connectivity index (χ0v) is 9.24. The van der Waals surface area contributed by atoms with Crippen molar-refractivity contribution in [3.63, 3.8) is 0 Å². The zero-order valence-electron chi connectivity index (χ0n) is 9.24. The first-order chi connectivity index (χ1) is 6.79. The summed E-state index contributed by atoms with van der Waals surface area (Å²) in [4.78, 5) is 6.28. The van der Waals surface area contributed by atoms with E-state index in [2.05, 4.69) is 16.9 Å². The largest absolute Gasteiger partial charge is 0.306 e. The average molecular weight is 192 g/mol. The first-order valence-corrected chi connectivity index (χ1v) is 5.34. The summed E-state index contributed by atoms with van der Waals surface area (Å²) >= 11 is 0. The van der Waals surface area contributed by atoms with Gasteiger partial charge in [0.1, 0.15) is 0 Å². The van der Waals surface area contributed by atoms with Crippen molar-refractivity contribution < 1.29 is 0 Å². The molecule has 14 heavy (non-hydrogen) atoms. The normalized spacial score (nSPS) is 17.0. The SMILES string of the molecule is CN1CCCCC1.Cc1cccnc1. The second kappa shape index (κ2) is 6.55. The van der Waals surface area contributed by atoms with Crippen molar-refractivity contribution >= 4 is 0 Å². The predicted molar refractivity (Wildman–Crippen MR) is 60.3 cm³/mol. The van der Waals surface area contributed by atoms with Crippen LogP contribution in [0.4, 0.5) is 0 Å². The van der Waals surface area contributed by atoms with Gasteiger partial charge in [-0.05, 0) is 51.5 Å². The topological polar surface area (TPSA) is 16.1 Å². The van der Waals surface area contributed by atoms with E-state index >= 15 is 0 Å². The molecular formula is C12H20N2. The maximum Gasteiger partial charge on any atom is 0.0297 e. The highest BCUT2D eigenvalue weighted by Crippen LogP contribution is 2.04. The summed E-state index contributed by atoms with van der Waals surface area (Å²) in [6.07, 6.45) is 7.88. The number of aryl methyl sites for hydroxylation is 1. The molecule has 0 N–H and O–H groups in total. The van der Waals surface area contributed by atoms with Crippen LogP contribution < -0.4 is 0 Å². The molecule has 78 valence electrons. The third-order valence-electron chi connectivity index (χ3n) is 2.39. The molecule has 2 nitrogen and oxygen atoms in total. The maximum atomic E-state index is 3.88. The Labute approximate surface area is 87.0 Å². The van der Waals surface area contributed by atoms with Crippen molar-refractivity contribution in [1.82, 2.24) is 9.88 Å². The fourth-order valence-corrected chi connectivity index (χ4v) is 1.50. The third-order valence-corrected chi connectivity index (χ3v) is 2.39. The molecule has 0 aromatic carbocycles. The number of likely N-dealkylation sites (tertiary alicyclic amines) is 1. The molecule has 1 fully saturated rings. The molecule has 0 atom stereocenters. The molecule has 0 radical (unpaired) electrons. The van der Waals surface area contributed by atoms with Gasteiger partial charge in [-0.25, -0.2) is 0 Å². The van der Waals surface area contributed by atoms with E-state index in [9.17, 15) is 0 Å². The molecule has 1 saturated heterocycles. The lowest BCUT2D eigenvalue weighted by Gasteiger charge is -2.20. The second-order valence-electron chi connectivity index (χ2n) is 3.89. The van der Waals surface area contributed by atoms with Crippen LogP contribution in [0.1, 0.15) is 24.8 Å². The number of piperidine rings is 1. The van der Waals surface area contributed by atoms with Crippen molar-refractivity contribution in [2.24, 2.45) is 0 Å². The summed E-state index contributed by atoms with van der Waals surface area (Å²) in [6.45, 7) is 4.66. The predicted octanol–water partition coefficient (Wildman–Crippen LogP) is 2.49. The Hall–Kier alpha value is -0.890. The summed E-state index contributed by atoms with van der Waals surface area (Å²) in [5.41, 5.74) is 1.21. The standard InChI is InChI=1S/C6H7N.C6H13N/c1-6-3-2-4-7-5-6;1-7-5-3-2-4-6-7/h2-5H,1H3;2-6H2,1H3. The summed E-state index contributed by atoms with van der Waals surface area (Å²) < 4.78 is 0. The second-order valence-corrected chi connectivity index (χ2v) is 3.89. The number of pyridine rings is 1. The Morgan fingerprint density at radius 2 is 1.93 bits per heavy atom. The summed E-state index contributed by atoms with van der Waals surface area (Å²) in [5, 5.41) is 0. The van der Waals surface area contributed by atoms with Crippen LogP contribution >= 0.6 is 0 Å². The van der Waals surface area contributed by atoms with Gasteiger partial charge in [0.25, 0.3) is 0 Å². The number of rotatable bonds is 0. The van der Waals surface area contributed by atoms with Crippen LogP contribution in [-0.4, -0.2) is 30.0 Å². The van der Waals surface area contributed by atoms with E-state index in [1.807, 2.05) is 25.3 Å². The van der Waals surface area contributed by atoms with Crippen molar-refractivity contribution in [1.29, 1.82) is 0 Å². The van der Waals surface area contributed by atoms with E-state index in [-0.39, 0.29) is 0 Å². The van der Waals surface area contributed by atoms with Gasteiger partial charge in [0.05, 0.1) is 0 Å². The van der Waals surface area contributed by atoms with Crippen LogP contribution in [0.3, 0.4) is 0 Å². The van der Waals surface area contributed by atoms with E-state index < -0.39 is 0 Å². The average Bonchev–Trinajstić information content (AvgIpc) is 2.21. The van der Waals surface area contributed by atoms with Crippen LogP contribution in [0.5, 0.6) is 0 Å². The molecule has 0 bridgehead atoms. The highest BCUT2D eigenvalue weighted by Gasteiger charge is 2.02. The highest BCUT2D eigenvalue weighted by atomic mass is 15.1. The minimum Gasteiger partial charge on any atom is -0.306 e. The quantitative estimate of drug-likeness (QED) is 0.628. The van der Waals surface area contributed by atoms with Crippen LogP contribution in [0.2, 0.25) is 0 Å². The monoisotopic (exact) mass is 192 g/mol. The van der Waals surface area contributed by atoms with E-state index in [1.54, 1.807) is 6.20 Å². The minimum atomic E-state index is 1.21. The van der Waals surface area contributed by atoms with Gasteiger partial charge < -0.3 is 4.90 Å². The molecule has 2 heteroatoms. The summed E-state index contributed by atoms with van der Waals surface area (Å²) in [5.74, 6) is 0. The van der Waals surface area contributed by atoms with Crippen LogP contribution in [0.15, 0.2) is 24.5 Å². The third kappa shape index (κ3) is 4.97. The number of nitrogens with zero attached hydrogens (tertiary/aromatic N) is 2. The lowest BCUT2D eigenvalue weighted by Crippen LogP contribution is -2.24. The fraction of sp³-hybridized carbons (Fsp3) is 0.583. The molecule has 1 aromatic heterocycles. The Morgan fingerprint density at radius 3 is 2.21 bits per heavy atom. The Bertz CT molecular complexity index is 227. The molecule has 1 aliphatic heterocycles. The fourth-order valence-electron chi connectivity index (χ4n) is 1.50. The molecule has 1 aliphatic rings. The van der Waals surface area contributed by atoms with Gasteiger partial charge in [0, 0.05) is 12.4 Å². The molecule has 1 aromatic rings. The van der Waals surface area contributed by atoms with Gasteiger partial charge in [-0.2, -0.15) is 0 Å².